The number of para-hydroxylation sites is 1. The first kappa shape index (κ1) is 15.8. The number of alkyl halides is 1. The summed E-state index contributed by atoms with van der Waals surface area (Å²) in [5.74, 6) is -0.806. The maximum Gasteiger partial charge on any atom is 0.272 e. The van der Waals surface area contributed by atoms with Gasteiger partial charge in [0.05, 0.1) is 20.8 Å². The molecule has 0 atom stereocenters. The Hall–Kier alpha value is -1.56. The van der Waals surface area contributed by atoms with E-state index in [1.54, 1.807) is 6.07 Å². The average molecular weight is 351 g/mol. The van der Waals surface area contributed by atoms with Gasteiger partial charge in [0.2, 0.25) is 0 Å². The van der Waals surface area contributed by atoms with E-state index in [0.717, 1.165) is 12.1 Å². The Labute approximate surface area is 134 Å². The molecule has 0 radical (unpaired) electrons. The van der Waals surface area contributed by atoms with Gasteiger partial charge in [-0.05, 0) is 6.07 Å². The van der Waals surface area contributed by atoms with Gasteiger partial charge in [0, 0.05) is 17.7 Å². The first-order valence-electron chi connectivity index (χ1n) is 5.58. The van der Waals surface area contributed by atoms with E-state index in [-0.39, 0.29) is 33.1 Å². The van der Waals surface area contributed by atoms with Gasteiger partial charge in [-0.3, -0.25) is 10.1 Å². The molecule has 0 aliphatic rings. The number of halogens is 4. The maximum absolute atomic E-state index is 13.8. The van der Waals surface area contributed by atoms with Crippen molar-refractivity contribution in [2.24, 2.45) is 0 Å². The summed E-state index contributed by atoms with van der Waals surface area (Å²) in [6.45, 7) is 0. The van der Waals surface area contributed by atoms with Crippen LogP contribution < -0.4 is 4.74 Å². The highest BCUT2D eigenvalue weighted by atomic mass is 35.5. The summed E-state index contributed by atoms with van der Waals surface area (Å²) in [6.07, 6.45) is 0. The van der Waals surface area contributed by atoms with E-state index in [2.05, 4.69) is 0 Å². The molecule has 8 heteroatoms. The van der Waals surface area contributed by atoms with E-state index < -0.39 is 10.7 Å². The molecular weight excluding hydrogens is 344 g/mol. The molecule has 21 heavy (non-hydrogen) atoms. The Bertz CT molecular complexity index is 686. The molecule has 0 unspecified atom stereocenters. The zero-order valence-electron chi connectivity index (χ0n) is 10.3. The second kappa shape index (κ2) is 6.47. The standard InChI is InChI=1S/C13H7Cl3FNO3/c14-6-7-2-1-3-11(17)12(7)21-13-9(15)4-8(18(19)20)5-10(13)16/h1-5H,6H2. The fourth-order valence-corrected chi connectivity index (χ4v) is 2.39. The van der Waals surface area contributed by atoms with Crippen molar-refractivity contribution in [3.63, 3.8) is 0 Å². The van der Waals surface area contributed by atoms with Gasteiger partial charge >= 0.3 is 0 Å². The van der Waals surface area contributed by atoms with E-state index in [1.165, 1.54) is 12.1 Å². The molecule has 0 aliphatic carbocycles. The smallest absolute Gasteiger partial charge is 0.272 e. The van der Waals surface area contributed by atoms with Gasteiger partial charge < -0.3 is 4.74 Å². The zero-order chi connectivity index (χ0) is 15.6. The predicted molar refractivity (Wildman–Crippen MR) is 79.1 cm³/mol. The topological polar surface area (TPSA) is 52.4 Å². The lowest BCUT2D eigenvalue weighted by Gasteiger charge is -2.13. The van der Waals surface area contributed by atoms with E-state index in [9.17, 15) is 14.5 Å². The summed E-state index contributed by atoms with van der Waals surface area (Å²) in [5.41, 5.74) is 0.116. The molecule has 0 amide bonds. The zero-order valence-corrected chi connectivity index (χ0v) is 12.5. The molecule has 0 saturated carbocycles. The minimum atomic E-state index is -0.644. The number of hydrogen-bond donors (Lipinski definition) is 0. The Morgan fingerprint density at radius 1 is 1.19 bits per heavy atom. The third-order valence-electron chi connectivity index (χ3n) is 2.59. The number of non-ortho nitro benzene ring substituents is 1. The highest BCUT2D eigenvalue weighted by Gasteiger charge is 2.19. The summed E-state index contributed by atoms with van der Waals surface area (Å²) in [7, 11) is 0. The Kier molecular flexibility index (Phi) is 4.88. The van der Waals surface area contributed by atoms with Crippen LogP contribution in [0.25, 0.3) is 0 Å². The monoisotopic (exact) mass is 349 g/mol. The molecule has 0 heterocycles. The normalized spacial score (nSPS) is 10.5. The maximum atomic E-state index is 13.8. The van der Waals surface area contributed by atoms with Crippen LogP contribution in [0.1, 0.15) is 5.56 Å². The van der Waals surface area contributed by atoms with Gasteiger partial charge in [0.1, 0.15) is 0 Å². The molecule has 0 fully saturated rings. The van der Waals surface area contributed by atoms with Crippen LogP contribution in [0.15, 0.2) is 30.3 Å². The van der Waals surface area contributed by atoms with Crippen molar-refractivity contribution >= 4 is 40.5 Å². The van der Waals surface area contributed by atoms with E-state index >= 15 is 0 Å². The number of rotatable bonds is 4. The molecule has 0 N–H and O–H groups in total. The number of benzene rings is 2. The second-order valence-electron chi connectivity index (χ2n) is 3.96. The molecule has 0 saturated heterocycles. The molecular formula is C13H7Cl3FNO3. The Morgan fingerprint density at radius 3 is 2.33 bits per heavy atom. The fraction of sp³-hybridized carbons (Fsp3) is 0.0769. The summed E-state index contributed by atoms with van der Waals surface area (Å²) < 4.78 is 19.2. The first-order valence-corrected chi connectivity index (χ1v) is 6.87. The van der Waals surface area contributed by atoms with Crippen molar-refractivity contribution in [2.45, 2.75) is 5.88 Å². The SMILES string of the molecule is O=[N+]([O-])c1cc(Cl)c(Oc2c(F)cccc2CCl)c(Cl)c1. The van der Waals surface area contributed by atoms with E-state index in [1.807, 2.05) is 0 Å². The summed E-state index contributed by atoms with van der Waals surface area (Å²) in [5, 5.41) is 10.5. The van der Waals surface area contributed by atoms with Crippen LogP contribution in [0.2, 0.25) is 10.0 Å². The largest absolute Gasteiger partial charge is 0.451 e. The van der Waals surface area contributed by atoms with Crippen molar-refractivity contribution in [2.75, 3.05) is 0 Å². The van der Waals surface area contributed by atoms with Gasteiger partial charge in [0.25, 0.3) is 5.69 Å². The molecule has 2 aromatic rings. The van der Waals surface area contributed by atoms with Crippen LogP contribution in [0.3, 0.4) is 0 Å². The number of hydrogen-bond acceptors (Lipinski definition) is 3. The van der Waals surface area contributed by atoms with E-state index in [0.29, 0.717) is 5.56 Å². The number of nitrogens with zero attached hydrogens (tertiary/aromatic N) is 1. The molecule has 4 nitrogen and oxygen atoms in total. The molecule has 0 aromatic heterocycles. The van der Waals surface area contributed by atoms with Crippen molar-refractivity contribution in [3.05, 3.63) is 61.9 Å². The number of nitro groups is 1. The summed E-state index contributed by atoms with van der Waals surface area (Å²) in [6, 6.07) is 6.41. The van der Waals surface area contributed by atoms with Gasteiger partial charge in [-0.1, -0.05) is 35.3 Å². The highest BCUT2D eigenvalue weighted by molar-refractivity contribution is 6.37. The highest BCUT2D eigenvalue weighted by Crippen LogP contribution is 2.41. The minimum absolute atomic E-state index is 0.0231. The number of ether oxygens (including phenoxy) is 1. The lowest BCUT2D eigenvalue weighted by molar-refractivity contribution is -0.384. The third kappa shape index (κ3) is 3.37. The van der Waals surface area contributed by atoms with Gasteiger partial charge in [-0.25, -0.2) is 4.39 Å². The molecule has 2 rings (SSSR count). The summed E-state index contributed by atoms with van der Waals surface area (Å²) in [4.78, 5) is 10.1. The molecule has 0 spiro atoms. The van der Waals surface area contributed by atoms with Crippen molar-refractivity contribution < 1.29 is 14.1 Å². The lowest BCUT2D eigenvalue weighted by Crippen LogP contribution is -1.96. The third-order valence-corrected chi connectivity index (χ3v) is 3.44. The van der Waals surface area contributed by atoms with Gasteiger partial charge in [-0.15, -0.1) is 11.6 Å². The molecule has 110 valence electrons. The molecule has 0 aliphatic heterocycles. The molecule has 0 bridgehead atoms. The van der Waals surface area contributed by atoms with Crippen molar-refractivity contribution in [1.82, 2.24) is 0 Å². The fourth-order valence-electron chi connectivity index (χ4n) is 1.62. The van der Waals surface area contributed by atoms with Gasteiger partial charge in [0.15, 0.2) is 17.3 Å². The Balaban J connectivity index is 2.48. The number of nitro benzene ring substituents is 1. The van der Waals surface area contributed by atoms with Crippen LogP contribution in [-0.4, -0.2) is 4.92 Å². The van der Waals surface area contributed by atoms with Crippen LogP contribution >= 0.6 is 34.8 Å². The first-order chi connectivity index (χ1) is 9.93. The molecule has 2 aromatic carbocycles. The predicted octanol–water partition coefficient (Wildman–Crippen LogP) is 5.57. The van der Waals surface area contributed by atoms with E-state index in [4.69, 9.17) is 39.5 Å². The van der Waals surface area contributed by atoms with Crippen molar-refractivity contribution in [3.8, 4) is 11.5 Å². The van der Waals surface area contributed by atoms with Crippen LogP contribution in [0.5, 0.6) is 11.5 Å². The average Bonchev–Trinajstić information content (AvgIpc) is 2.43. The van der Waals surface area contributed by atoms with Crippen LogP contribution in [-0.2, 0) is 5.88 Å². The second-order valence-corrected chi connectivity index (χ2v) is 5.04. The van der Waals surface area contributed by atoms with Crippen molar-refractivity contribution in [1.29, 1.82) is 0 Å². The Morgan fingerprint density at radius 2 is 1.81 bits per heavy atom. The lowest BCUT2D eigenvalue weighted by atomic mass is 10.2. The minimum Gasteiger partial charge on any atom is -0.451 e. The quantitative estimate of drug-likeness (QED) is 0.411. The summed E-state index contributed by atoms with van der Waals surface area (Å²) >= 11 is 17.5. The van der Waals surface area contributed by atoms with Crippen LogP contribution in [0, 0.1) is 15.9 Å². The van der Waals surface area contributed by atoms with Gasteiger partial charge in [-0.2, -0.15) is 0 Å². The van der Waals surface area contributed by atoms with Crippen LogP contribution in [0.4, 0.5) is 10.1 Å².